The molecule has 0 spiro atoms. The van der Waals surface area contributed by atoms with Crippen molar-refractivity contribution < 1.29 is 9.90 Å². The maximum absolute atomic E-state index is 11.5. The van der Waals surface area contributed by atoms with E-state index in [2.05, 4.69) is 0 Å². The van der Waals surface area contributed by atoms with Crippen LogP contribution in [-0.2, 0) is 24.2 Å². The number of nitrogens with zero attached hydrogens (tertiary/aromatic N) is 1. The summed E-state index contributed by atoms with van der Waals surface area (Å²) < 4.78 is 1.63. The number of aromatic nitrogens is 1. The Balaban J connectivity index is 2.24. The molecular formula is C9H11NO3S. The average Bonchev–Trinajstić information content (AvgIpc) is 2.61. The van der Waals surface area contributed by atoms with Gasteiger partial charge < -0.3 is 9.67 Å². The second kappa shape index (κ2) is 3.57. The van der Waals surface area contributed by atoms with Crippen LogP contribution < -0.4 is 4.87 Å². The molecule has 1 aliphatic rings. The van der Waals surface area contributed by atoms with Gasteiger partial charge >= 0.3 is 10.8 Å². The Morgan fingerprint density at radius 2 is 2.29 bits per heavy atom. The van der Waals surface area contributed by atoms with Gasteiger partial charge in [0, 0.05) is 17.1 Å². The largest absolute Gasteiger partial charge is 0.481 e. The van der Waals surface area contributed by atoms with E-state index in [1.165, 1.54) is 11.3 Å². The quantitative estimate of drug-likeness (QED) is 0.810. The summed E-state index contributed by atoms with van der Waals surface area (Å²) >= 11 is 1.27. The average molecular weight is 213 g/mol. The third-order valence-electron chi connectivity index (χ3n) is 2.45. The molecule has 2 rings (SSSR count). The van der Waals surface area contributed by atoms with Gasteiger partial charge in [-0.3, -0.25) is 9.59 Å². The zero-order valence-corrected chi connectivity index (χ0v) is 8.47. The van der Waals surface area contributed by atoms with Crippen LogP contribution in [0.4, 0.5) is 0 Å². The third kappa shape index (κ3) is 1.59. The van der Waals surface area contributed by atoms with Crippen LogP contribution in [0.1, 0.15) is 23.4 Å². The van der Waals surface area contributed by atoms with Gasteiger partial charge in [0.1, 0.15) is 0 Å². The summed E-state index contributed by atoms with van der Waals surface area (Å²) in [6.07, 6.45) is 3.03. The standard InChI is InChI=1S/C9H11NO3S/c11-8(12)4-5-10-6-2-1-3-7(6)14-9(10)13/h1-5H2,(H,11,12). The first-order valence-electron chi connectivity index (χ1n) is 4.61. The number of aliphatic carboxylic acids is 1. The fraction of sp³-hybridized carbons (Fsp3) is 0.556. The van der Waals surface area contributed by atoms with Crippen molar-refractivity contribution in [2.75, 3.05) is 0 Å². The van der Waals surface area contributed by atoms with E-state index in [1.54, 1.807) is 4.57 Å². The van der Waals surface area contributed by atoms with Crippen LogP contribution >= 0.6 is 11.3 Å². The van der Waals surface area contributed by atoms with Crippen LogP contribution in [0.2, 0.25) is 0 Å². The van der Waals surface area contributed by atoms with E-state index >= 15 is 0 Å². The van der Waals surface area contributed by atoms with Crippen molar-refractivity contribution in [1.82, 2.24) is 4.57 Å². The molecule has 0 radical (unpaired) electrons. The van der Waals surface area contributed by atoms with Crippen LogP contribution in [0, 0.1) is 0 Å². The van der Waals surface area contributed by atoms with Gasteiger partial charge in [0.05, 0.1) is 6.42 Å². The molecule has 1 aromatic heterocycles. The molecule has 0 unspecified atom stereocenters. The normalized spacial score (nSPS) is 14.3. The Morgan fingerprint density at radius 3 is 3.00 bits per heavy atom. The highest BCUT2D eigenvalue weighted by Crippen LogP contribution is 2.24. The van der Waals surface area contributed by atoms with Crippen molar-refractivity contribution in [3.8, 4) is 0 Å². The molecular weight excluding hydrogens is 202 g/mol. The first-order chi connectivity index (χ1) is 6.68. The Hall–Kier alpha value is -1.10. The van der Waals surface area contributed by atoms with Gasteiger partial charge in [0.2, 0.25) is 0 Å². The van der Waals surface area contributed by atoms with E-state index in [4.69, 9.17) is 5.11 Å². The SMILES string of the molecule is O=C(O)CCn1c2c(sc1=O)CCC2. The lowest BCUT2D eigenvalue weighted by Crippen LogP contribution is -2.17. The highest BCUT2D eigenvalue weighted by atomic mass is 32.1. The molecule has 0 amide bonds. The molecule has 0 saturated heterocycles. The number of carbonyl (C=O) groups is 1. The molecule has 1 N–H and O–H groups in total. The van der Waals surface area contributed by atoms with Crippen LogP contribution in [0.25, 0.3) is 0 Å². The molecule has 4 nitrogen and oxygen atoms in total. The van der Waals surface area contributed by atoms with E-state index in [-0.39, 0.29) is 11.3 Å². The third-order valence-corrected chi connectivity index (χ3v) is 3.53. The van der Waals surface area contributed by atoms with Crippen molar-refractivity contribution in [2.24, 2.45) is 0 Å². The summed E-state index contributed by atoms with van der Waals surface area (Å²) in [5.41, 5.74) is 1.07. The summed E-state index contributed by atoms with van der Waals surface area (Å²) in [7, 11) is 0. The van der Waals surface area contributed by atoms with Crippen molar-refractivity contribution in [2.45, 2.75) is 32.2 Å². The van der Waals surface area contributed by atoms with Gasteiger partial charge in [-0.1, -0.05) is 11.3 Å². The number of carboxylic acids is 1. The fourth-order valence-corrected chi connectivity index (χ4v) is 2.90. The molecule has 0 fully saturated rings. The zero-order valence-electron chi connectivity index (χ0n) is 7.65. The molecule has 0 atom stereocenters. The van der Waals surface area contributed by atoms with Crippen molar-refractivity contribution >= 4 is 17.3 Å². The number of fused-ring (bicyclic) bond motifs is 1. The van der Waals surface area contributed by atoms with Gasteiger partial charge in [0.25, 0.3) is 0 Å². The second-order valence-electron chi connectivity index (χ2n) is 3.39. The van der Waals surface area contributed by atoms with Gasteiger partial charge in [-0.05, 0) is 19.3 Å². The van der Waals surface area contributed by atoms with E-state index in [0.717, 1.165) is 29.8 Å². The number of thiazole rings is 1. The van der Waals surface area contributed by atoms with Gasteiger partial charge in [-0.15, -0.1) is 0 Å². The summed E-state index contributed by atoms with van der Waals surface area (Å²) in [6.45, 7) is 0.319. The predicted molar refractivity (Wildman–Crippen MR) is 52.9 cm³/mol. The lowest BCUT2D eigenvalue weighted by molar-refractivity contribution is -0.137. The van der Waals surface area contributed by atoms with Crippen molar-refractivity contribution in [1.29, 1.82) is 0 Å². The van der Waals surface area contributed by atoms with Crippen LogP contribution in [0.5, 0.6) is 0 Å². The monoisotopic (exact) mass is 213 g/mol. The van der Waals surface area contributed by atoms with Crippen LogP contribution in [-0.4, -0.2) is 15.6 Å². The Labute approximate surface area is 84.8 Å². The Kier molecular flexibility index (Phi) is 2.41. The predicted octanol–water partition coefficient (Wildman–Crippen LogP) is 0.873. The van der Waals surface area contributed by atoms with E-state index in [1.807, 2.05) is 0 Å². The van der Waals surface area contributed by atoms with Crippen molar-refractivity contribution in [3.05, 3.63) is 20.2 Å². The number of hydrogen-bond acceptors (Lipinski definition) is 3. The van der Waals surface area contributed by atoms with E-state index in [9.17, 15) is 9.59 Å². The minimum absolute atomic E-state index is 0.00375. The number of aryl methyl sites for hydroxylation is 1. The minimum atomic E-state index is -0.852. The number of carboxylic acid groups (broad SMARTS) is 1. The summed E-state index contributed by atoms with van der Waals surface area (Å²) in [6, 6.07) is 0. The Bertz CT molecular complexity index is 418. The Morgan fingerprint density at radius 1 is 1.50 bits per heavy atom. The smallest absolute Gasteiger partial charge is 0.307 e. The number of hydrogen-bond donors (Lipinski definition) is 1. The molecule has 0 aliphatic heterocycles. The van der Waals surface area contributed by atoms with Crippen molar-refractivity contribution in [3.63, 3.8) is 0 Å². The van der Waals surface area contributed by atoms with Gasteiger partial charge in [-0.25, -0.2) is 0 Å². The first kappa shape index (κ1) is 9.45. The maximum atomic E-state index is 11.5. The molecule has 0 bridgehead atoms. The topological polar surface area (TPSA) is 59.3 Å². The lowest BCUT2D eigenvalue weighted by Gasteiger charge is -2.02. The molecule has 1 heterocycles. The van der Waals surface area contributed by atoms with Crippen LogP contribution in [0.15, 0.2) is 4.79 Å². The molecule has 0 aromatic carbocycles. The molecule has 14 heavy (non-hydrogen) atoms. The van der Waals surface area contributed by atoms with Crippen LogP contribution in [0.3, 0.4) is 0 Å². The highest BCUT2D eigenvalue weighted by Gasteiger charge is 2.19. The fourth-order valence-electron chi connectivity index (χ4n) is 1.80. The van der Waals surface area contributed by atoms with E-state index < -0.39 is 5.97 Å². The molecule has 1 aliphatic carbocycles. The number of rotatable bonds is 3. The summed E-state index contributed by atoms with van der Waals surface area (Å²) in [5.74, 6) is -0.852. The molecule has 0 saturated carbocycles. The highest BCUT2D eigenvalue weighted by molar-refractivity contribution is 7.09. The van der Waals surface area contributed by atoms with Gasteiger partial charge in [-0.2, -0.15) is 0 Å². The first-order valence-corrected chi connectivity index (χ1v) is 5.43. The maximum Gasteiger partial charge on any atom is 0.307 e. The summed E-state index contributed by atoms with van der Waals surface area (Å²) in [4.78, 5) is 23.0. The minimum Gasteiger partial charge on any atom is -0.481 e. The zero-order chi connectivity index (χ0) is 10.1. The lowest BCUT2D eigenvalue weighted by atomic mass is 10.3. The van der Waals surface area contributed by atoms with E-state index in [0.29, 0.717) is 6.54 Å². The summed E-state index contributed by atoms with van der Waals surface area (Å²) in [5, 5.41) is 8.54. The molecule has 76 valence electrons. The van der Waals surface area contributed by atoms with Gasteiger partial charge in [0.15, 0.2) is 0 Å². The second-order valence-corrected chi connectivity index (χ2v) is 4.43. The molecule has 1 aromatic rings. The molecule has 5 heteroatoms.